The zero-order valence-corrected chi connectivity index (χ0v) is 12.5. The highest BCUT2D eigenvalue weighted by atomic mass is 16.5. The Morgan fingerprint density at radius 1 is 1.14 bits per heavy atom. The van der Waals surface area contributed by atoms with Gasteiger partial charge in [0.1, 0.15) is 11.3 Å². The highest BCUT2D eigenvalue weighted by molar-refractivity contribution is 5.31. The normalized spacial score (nSPS) is 13.2. The van der Waals surface area contributed by atoms with Gasteiger partial charge in [0.2, 0.25) is 0 Å². The van der Waals surface area contributed by atoms with Gasteiger partial charge in [-0.05, 0) is 37.2 Å². The molecule has 0 fully saturated rings. The maximum atomic E-state index is 9.60. The van der Waals surface area contributed by atoms with Gasteiger partial charge in [-0.3, -0.25) is 5.32 Å². The molecule has 0 aliphatic rings. The van der Waals surface area contributed by atoms with Crippen LogP contribution in [0, 0.1) is 18.3 Å². The van der Waals surface area contributed by atoms with E-state index < -0.39 is 5.54 Å². The Morgan fingerprint density at radius 3 is 2.52 bits per heavy atom. The van der Waals surface area contributed by atoms with E-state index in [-0.39, 0.29) is 0 Å². The summed E-state index contributed by atoms with van der Waals surface area (Å²) in [6.45, 7) is 2.51. The Bertz CT molecular complexity index is 619. The van der Waals surface area contributed by atoms with Crippen molar-refractivity contribution in [2.45, 2.75) is 18.9 Å². The molecule has 0 heterocycles. The first-order valence-electron chi connectivity index (χ1n) is 7.05. The Labute approximate surface area is 126 Å². The van der Waals surface area contributed by atoms with Crippen LogP contribution in [0.2, 0.25) is 0 Å². The van der Waals surface area contributed by atoms with Crippen LogP contribution >= 0.6 is 0 Å². The van der Waals surface area contributed by atoms with Gasteiger partial charge in [0.25, 0.3) is 0 Å². The highest BCUT2D eigenvalue weighted by Gasteiger charge is 2.30. The van der Waals surface area contributed by atoms with Crippen LogP contribution in [0.4, 0.5) is 0 Å². The fourth-order valence-electron chi connectivity index (χ4n) is 2.34. The molecule has 0 radical (unpaired) electrons. The molecule has 0 aliphatic heterocycles. The van der Waals surface area contributed by atoms with Crippen LogP contribution in [0.1, 0.15) is 17.5 Å². The molecule has 3 heteroatoms. The summed E-state index contributed by atoms with van der Waals surface area (Å²) in [4.78, 5) is 0. The summed E-state index contributed by atoms with van der Waals surface area (Å²) in [6, 6.07) is 20.1. The number of nitrogens with one attached hydrogen (secondary N) is 1. The van der Waals surface area contributed by atoms with Crippen molar-refractivity contribution >= 4 is 0 Å². The van der Waals surface area contributed by atoms with Gasteiger partial charge in [-0.1, -0.05) is 42.5 Å². The number of aryl methyl sites for hydroxylation is 1. The SMILES string of the molecule is CNC(C#N)(CCOc1cccc(C)c1)c1ccccc1. The molecule has 0 aromatic heterocycles. The van der Waals surface area contributed by atoms with Gasteiger partial charge in [0.15, 0.2) is 0 Å². The minimum Gasteiger partial charge on any atom is -0.493 e. The zero-order valence-electron chi connectivity index (χ0n) is 12.5. The van der Waals surface area contributed by atoms with Gasteiger partial charge in [-0.25, -0.2) is 0 Å². The van der Waals surface area contributed by atoms with Crippen LogP contribution in [0.3, 0.4) is 0 Å². The molecular formula is C18H20N2O. The molecule has 0 spiro atoms. The molecule has 2 rings (SSSR count). The van der Waals surface area contributed by atoms with Gasteiger partial charge < -0.3 is 4.74 Å². The summed E-state index contributed by atoms with van der Waals surface area (Å²) < 4.78 is 5.78. The van der Waals surface area contributed by atoms with Gasteiger partial charge in [-0.2, -0.15) is 5.26 Å². The van der Waals surface area contributed by atoms with E-state index in [2.05, 4.69) is 11.4 Å². The molecule has 0 bridgehead atoms. The number of rotatable bonds is 6. The smallest absolute Gasteiger partial charge is 0.135 e. The number of ether oxygens (including phenoxy) is 1. The molecule has 0 saturated carbocycles. The molecule has 0 amide bonds. The monoisotopic (exact) mass is 280 g/mol. The number of hydrogen-bond acceptors (Lipinski definition) is 3. The lowest BCUT2D eigenvalue weighted by molar-refractivity contribution is 0.265. The number of nitrogens with zero attached hydrogens (tertiary/aromatic N) is 1. The lowest BCUT2D eigenvalue weighted by Crippen LogP contribution is -2.40. The first-order valence-corrected chi connectivity index (χ1v) is 7.05. The van der Waals surface area contributed by atoms with Crippen LogP contribution < -0.4 is 10.1 Å². The van der Waals surface area contributed by atoms with E-state index in [1.54, 1.807) is 0 Å². The minimum atomic E-state index is -0.717. The number of nitriles is 1. The topological polar surface area (TPSA) is 45.0 Å². The van der Waals surface area contributed by atoms with Crippen molar-refractivity contribution in [3.05, 3.63) is 65.7 Å². The van der Waals surface area contributed by atoms with E-state index in [0.717, 1.165) is 16.9 Å². The third-order valence-corrected chi connectivity index (χ3v) is 3.62. The second-order valence-electron chi connectivity index (χ2n) is 5.05. The predicted molar refractivity (Wildman–Crippen MR) is 84.1 cm³/mol. The molecular weight excluding hydrogens is 260 g/mol. The van der Waals surface area contributed by atoms with Gasteiger partial charge in [-0.15, -0.1) is 0 Å². The number of benzene rings is 2. The third-order valence-electron chi connectivity index (χ3n) is 3.62. The molecule has 2 aromatic rings. The van der Waals surface area contributed by atoms with Gasteiger partial charge in [0, 0.05) is 6.42 Å². The lowest BCUT2D eigenvalue weighted by atomic mass is 9.88. The second kappa shape index (κ2) is 6.92. The van der Waals surface area contributed by atoms with Crippen LogP contribution in [-0.2, 0) is 5.54 Å². The highest BCUT2D eigenvalue weighted by Crippen LogP contribution is 2.24. The maximum Gasteiger partial charge on any atom is 0.135 e. The summed E-state index contributed by atoms with van der Waals surface area (Å²) in [5.74, 6) is 0.839. The van der Waals surface area contributed by atoms with E-state index in [0.29, 0.717) is 13.0 Å². The Hall–Kier alpha value is -2.31. The minimum absolute atomic E-state index is 0.479. The Balaban J connectivity index is 2.06. The van der Waals surface area contributed by atoms with E-state index in [9.17, 15) is 5.26 Å². The van der Waals surface area contributed by atoms with Crippen molar-refractivity contribution in [2.75, 3.05) is 13.7 Å². The second-order valence-corrected chi connectivity index (χ2v) is 5.05. The molecule has 21 heavy (non-hydrogen) atoms. The van der Waals surface area contributed by atoms with E-state index in [4.69, 9.17) is 4.74 Å². The Morgan fingerprint density at radius 2 is 1.90 bits per heavy atom. The van der Waals surface area contributed by atoms with Crippen LogP contribution in [0.25, 0.3) is 0 Å². The van der Waals surface area contributed by atoms with Crippen molar-refractivity contribution < 1.29 is 4.74 Å². The quantitative estimate of drug-likeness (QED) is 0.882. The van der Waals surface area contributed by atoms with E-state index in [1.807, 2.05) is 68.6 Å². The first-order chi connectivity index (χ1) is 10.2. The molecule has 1 N–H and O–H groups in total. The van der Waals surface area contributed by atoms with Crippen LogP contribution in [-0.4, -0.2) is 13.7 Å². The average Bonchev–Trinajstić information content (AvgIpc) is 2.53. The van der Waals surface area contributed by atoms with Gasteiger partial charge in [0.05, 0.1) is 12.7 Å². The average molecular weight is 280 g/mol. The largest absolute Gasteiger partial charge is 0.493 e. The van der Waals surface area contributed by atoms with Crippen molar-refractivity contribution in [1.82, 2.24) is 5.32 Å². The fraction of sp³-hybridized carbons (Fsp3) is 0.278. The summed E-state index contributed by atoms with van der Waals surface area (Å²) in [7, 11) is 1.81. The number of hydrogen-bond donors (Lipinski definition) is 1. The van der Waals surface area contributed by atoms with Gasteiger partial charge >= 0.3 is 0 Å². The molecule has 2 aromatic carbocycles. The molecule has 3 nitrogen and oxygen atoms in total. The van der Waals surface area contributed by atoms with Crippen molar-refractivity contribution in [2.24, 2.45) is 0 Å². The third kappa shape index (κ3) is 3.62. The first kappa shape index (κ1) is 15.1. The van der Waals surface area contributed by atoms with Crippen molar-refractivity contribution in [1.29, 1.82) is 5.26 Å². The lowest BCUT2D eigenvalue weighted by Gasteiger charge is -2.26. The molecule has 0 aliphatic carbocycles. The van der Waals surface area contributed by atoms with Crippen LogP contribution in [0.15, 0.2) is 54.6 Å². The zero-order chi connectivity index (χ0) is 15.1. The maximum absolute atomic E-state index is 9.60. The van der Waals surface area contributed by atoms with E-state index in [1.165, 1.54) is 0 Å². The van der Waals surface area contributed by atoms with E-state index >= 15 is 0 Å². The predicted octanol–water partition coefficient (Wildman–Crippen LogP) is 3.40. The fourth-order valence-corrected chi connectivity index (χ4v) is 2.34. The standard InChI is InChI=1S/C18H20N2O/c1-15-7-6-10-17(13-15)21-12-11-18(14-19,20-2)16-8-4-3-5-9-16/h3-10,13,20H,11-12H2,1-2H3. The summed E-state index contributed by atoms with van der Waals surface area (Å²) >= 11 is 0. The molecule has 0 saturated heterocycles. The molecule has 1 unspecified atom stereocenters. The summed E-state index contributed by atoms with van der Waals surface area (Å²) in [6.07, 6.45) is 0.581. The summed E-state index contributed by atoms with van der Waals surface area (Å²) in [5, 5.41) is 12.7. The van der Waals surface area contributed by atoms with Crippen molar-refractivity contribution in [3.63, 3.8) is 0 Å². The van der Waals surface area contributed by atoms with Crippen LogP contribution in [0.5, 0.6) is 5.75 Å². The van der Waals surface area contributed by atoms with Crippen molar-refractivity contribution in [3.8, 4) is 11.8 Å². The Kier molecular flexibility index (Phi) is 4.97. The molecule has 1 atom stereocenters. The molecule has 108 valence electrons. The summed E-state index contributed by atoms with van der Waals surface area (Å²) in [5.41, 5.74) is 1.41.